The quantitative estimate of drug-likeness (QED) is 0.754. The molecule has 0 spiro atoms. The fourth-order valence-electron chi connectivity index (χ4n) is 1.74. The largest absolute Gasteiger partial charge is 0.476 e. The van der Waals surface area contributed by atoms with Crippen LogP contribution < -0.4 is 15.8 Å². The van der Waals surface area contributed by atoms with E-state index in [1.54, 1.807) is 0 Å². The van der Waals surface area contributed by atoms with Gasteiger partial charge in [-0.25, -0.2) is 0 Å². The van der Waals surface area contributed by atoms with Gasteiger partial charge in [0.15, 0.2) is 0 Å². The fourth-order valence-corrected chi connectivity index (χ4v) is 1.74. The molecule has 1 aliphatic carbocycles. The van der Waals surface area contributed by atoms with Crippen LogP contribution in [-0.4, -0.2) is 30.8 Å². The Morgan fingerprint density at radius 2 is 2.26 bits per heavy atom. The van der Waals surface area contributed by atoms with Crippen molar-refractivity contribution in [2.24, 2.45) is 5.92 Å². The Bertz CT molecular complexity index is 408. The van der Waals surface area contributed by atoms with E-state index in [0.29, 0.717) is 30.6 Å². The Labute approximate surface area is 114 Å². The predicted molar refractivity (Wildman–Crippen MR) is 76.4 cm³/mol. The van der Waals surface area contributed by atoms with Crippen LogP contribution >= 0.6 is 0 Å². The van der Waals surface area contributed by atoms with Crippen LogP contribution in [0.25, 0.3) is 0 Å². The zero-order valence-corrected chi connectivity index (χ0v) is 11.7. The number of pyridine rings is 1. The molecular formula is C14H23N3O2. The minimum absolute atomic E-state index is 0.153. The van der Waals surface area contributed by atoms with Crippen LogP contribution in [0.3, 0.4) is 0 Å². The molecule has 1 aliphatic rings. The summed E-state index contributed by atoms with van der Waals surface area (Å²) < 4.78 is 11.1. The van der Waals surface area contributed by atoms with Crippen LogP contribution in [0.5, 0.6) is 5.88 Å². The minimum atomic E-state index is 0.153. The summed E-state index contributed by atoms with van der Waals surface area (Å²) in [6.45, 7) is 6.16. The van der Waals surface area contributed by atoms with Gasteiger partial charge >= 0.3 is 0 Å². The SMILES string of the molecule is CCOC(C)CNc1ccc(N)c(OCC2CC2)n1. The predicted octanol–water partition coefficient (Wildman–Crippen LogP) is 2.29. The lowest BCUT2D eigenvalue weighted by atomic mass is 10.3. The summed E-state index contributed by atoms with van der Waals surface area (Å²) in [4.78, 5) is 4.39. The van der Waals surface area contributed by atoms with Crippen molar-refractivity contribution in [2.75, 3.05) is 30.8 Å². The Balaban J connectivity index is 1.87. The van der Waals surface area contributed by atoms with Crippen molar-refractivity contribution in [1.29, 1.82) is 0 Å². The molecule has 1 fully saturated rings. The molecule has 0 bridgehead atoms. The number of hydrogen-bond acceptors (Lipinski definition) is 5. The molecule has 1 unspecified atom stereocenters. The van der Waals surface area contributed by atoms with Crippen LogP contribution in [0.2, 0.25) is 0 Å². The zero-order valence-electron chi connectivity index (χ0n) is 11.7. The Kier molecular flexibility index (Phi) is 4.85. The van der Waals surface area contributed by atoms with E-state index in [4.69, 9.17) is 15.2 Å². The van der Waals surface area contributed by atoms with Gasteiger partial charge in [0.05, 0.1) is 18.4 Å². The molecule has 1 atom stereocenters. The van der Waals surface area contributed by atoms with E-state index in [0.717, 1.165) is 12.4 Å². The summed E-state index contributed by atoms with van der Waals surface area (Å²) in [7, 11) is 0. The number of aromatic nitrogens is 1. The Morgan fingerprint density at radius 1 is 1.47 bits per heavy atom. The summed E-state index contributed by atoms with van der Waals surface area (Å²) in [5.41, 5.74) is 6.45. The molecule has 19 heavy (non-hydrogen) atoms. The Hall–Kier alpha value is -1.49. The second kappa shape index (κ2) is 6.61. The van der Waals surface area contributed by atoms with Crippen molar-refractivity contribution in [3.63, 3.8) is 0 Å². The molecule has 1 heterocycles. The average molecular weight is 265 g/mol. The molecule has 1 saturated carbocycles. The van der Waals surface area contributed by atoms with E-state index in [2.05, 4.69) is 10.3 Å². The highest BCUT2D eigenvalue weighted by Crippen LogP contribution is 2.30. The van der Waals surface area contributed by atoms with Gasteiger partial charge in [0.25, 0.3) is 0 Å². The van der Waals surface area contributed by atoms with Crippen molar-refractivity contribution < 1.29 is 9.47 Å². The molecular weight excluding hydrogens is 242 g/mol. The maximum absolute atomic E-state index is 5.86. The van der Waals surface area contributed by atoms with Crippen molar-refractivity contribution in [2.45, 2.75) is 32.8 Å². The van der Waals surface area contributed by atoms with Crippen molar-refractivity contribution in [3.05, 3.63) is 12.1 Å². The van der Waals surface area contributed by atoms with Crippen LogP contribution in [0, 0.1) is 5.92 Å². The molecule has 5 nitrogen and oxygen atoms in total. The summed E-state index contributed by atoms with van der Waals surface area (Å²) in [6.07, 6.45) is 2.66. The van der Waals surface area contributed by atoms with E-state index in [1.807, 2.05) is 26.0 Å². The first-order valence-corrected chi connectivity index (χ1v) is 6.93. The number of nitrogens with zero attached hydrogens (tertiary/aromatic N) is 1. The molecule has 1 aromatic heterocycles. The molecule has 0 aromatic carbocycles. The minimum Gasteiger partial charge on any atom is -0.476 e. The van der Waals surface area contributed by atoms with Crippen LogP contribution in [0.4, 0.5) is 11.5 Å². The lowest BCUT2D eigenvalue weighted by Crippen LogP contribution is -2.20. The summed E-state index contributed by atoms with van der Waals surface area (Å²) in [6, 6.07) is 3.68. The Morgan fingerprint density at radius 3 is 2.95 bits per heavy atom. The zero-order chi connectivity index (χ0) is 13.7. The number of hydrogen-bond donors (Lipinski definition) is 2. The van der Waals surface area contributed by atoms with Crippen LogP contribution in [0.1, 0.15) is 26.7 Å². The maximum atomic E-state index is 5.86. The molecule has 5 heteroatoms. The van der Waals surface area contributed by atoms with E-state index in [9.17, 15) is 0 Å². The van der Waals surface area contributed by atoms with E-state index in [1.165, 1.54) is 12.8 Å². The fraction of sp³-hybridized carbons (Fsp3) is 0.643. The molecule has 3 N–H and O–H groups in total. The van der Waals surface area contributed by atoms with Gasteiger partial charge in [-0.3, -0.25) is 0 Å². The summed E-state index contributed by atoms with van der Waals surface area (Å²) in [5, 5.41) is 3.23. The number of ether oxygens (including phenoxy) is 2. The van der Waals surface area contributed by atoms with Crippen LogP contribution in [-0.2, 0) is 4.74 Å². The van der Waals surface area contributed by atoms with Crippen molar-refractivity contribution in [3.8, 4) is 5.88 Å². The molecule has 0 radical (unpaired) electrons. The first-order valence-electron chi connectivity index (χ1n) is 6.93. The van der Waals surface area contributed by atoms with Gasteiger partial charge in [0, 0.05) is 13.2 Å². The third kappa shape index (κ3) is 4.59. The topological polar surface area (TPSA) is 69.4 Å². The van der Waals surface area contributed by atoms with Gasteiger partial charge in [-0.1, -0.05) is 0 Å². The van der Waals surface area contributed by atoms with E-state index < -0.39 is 0 Å². The van der Waals surface area contributed by atoms with Gasteiger partial charge in [-0.05, 0) is 44.7 Å². The molecule has 0 aliphatic heterocycles. The lowest BCUT2D eigenvalue weighted by Gasteiger charge is -2.14. The number of rotatable bonds is 8. The van der Waals surface area contributed by atoms with E-state index >= 15 is 0 Å². The normalized spacial score (nSPS) is 16.1. The second-order valence-corrected chi connectivity index (χ2v) is 4.99. The number of nitrogens with one attached hydrogen (secondary N) is 1. The summed E-state index contributed by atoms with van der Waals surface area (Å²) in [5.74, 6) is 1.99. The van der Waals surface area contributed by atoms with Crippen molar-refractivity contribution >= 4 is 11.5 Å². The standard InChI is InChI=1S/C14H23N3O2/c1-3-18-10(2)8-16-13-7-6-12(15)14(17-13)19-9-11-4-5-11/h6-7,10-11H,3-5,8-9,15H2,1-2H3,(H,16,17). The molecule has 0 saturated heterocycles. The van der Waals surface area contributed by atoms with Gasteiger partial charge in [-0.2, -0.15) is 4.98 Å². The monoisotopic (exact) mass is 265 g/mol. The highest BCUT2D eigenvalue weighted by molar-refractivity contribution is 5.53. The molecule has 1 aromatic rings. The lowest BCUT2D eigenvalue weighted by molar-refractivity contribution is 0.0854. The first kappa shape index (κ1) is 13.9. The smallest absolute Gasteiger partial charge is 0.239 e. The number of anilines is 2. The first-order chi connectivity index (χ1) is 9.19. The average Bonchev–Trinajstić information content (AvgIpc) is 3.21. The third-order valence-electron chi connectivity index (χ3n) is 3.06. The van der Waals surface area contributed by atoms with Crippen LogP contribution in [0.15, 0.2) is 12.1 Å². The number of nitrogens with two attached hydrogens (primary N) is 1. The van der Waals surface area contributed by atoms with Gasteiger partial charge < -0.3 is 20.5 Å². The van der Waals surface area contributed by atoms with Gasteiger partial charge in [0.2, 0.25) is 5.88 Å². The molecule has 0 amide bonds. The van der Waals surface area contributed by atoms with E-state index in [-0.39, 0.29) is 6.10 Å². The highest BCUT2D eigenvalue weighted by atomic mass is 16.5. The summed E-state index contributed by atoms with van der Waals surface area (Å²) >= 11 is 0. The van der Waals surface area contributed by atoms with Gasteiger partial charge in [0.1, 0.15) is 5.82 Å². The number of nitrogen functional groups attached to an aromatic ring is 1. The van der Waals surface area contributed by atoms with Gasteiger partial charge in [-0.15, -0.1) is 0 Å². The maximum Gasteiger partial charge on any atom is 0.239 e. The molecule has 106 valence electrons. The highest BCUT2D eigenvalue weighted by Gasteiger charge is 2.22. The van der Waals surface area contributed by atoms with Crippen molar-refractivity contribution in [1.82, 2.24) is 4.98 Å². The second-order valence-electron chi connectivity index (χ2n) is 4.99. The third-order valence-corrected chi connectivity index (χ3v) is 3.06. The molecule has 2 rings (SSSR count).